The molecule has 0 radical (unpaired) electrons. The standard InChI is InChI=1S/C15H20FN3O/c1-10-8-13(16)4-5-15(10)17-9-14-11(2)18-19(6-7-20)12(14)3/h4-5,8,17,20H,6-7,9H2,1-3H3. The van der Waals surface area contributed by atoms with E-state index < -0.39 is 0 Å². The maximum absolute atomic E-state index is 13.1. The lowest BCUT2D eigenvalue weighted by Gasteiger charge is -2.10. The molecule has 0 spiro atoms. The number of aromatic nitrogens is 2. The van der Waals surface area contributed by atoms with Crippen molar-refractivity contribution in [2.75, 3.05) is 11.9 Å². The number of aliphatic hydroxyl groups is 1. The van der Waals surface area contributed by atoms with Gasteiger partial charge in [-0.1, -0.05) is 0 Å². The highest BCUT2D eigenvalue weighted by atomic mass is 19.1. The minimum atomic E-state index is -0.226. The van der Waals surface area contributed by atoms with Gasteiger partial charge in [-0.25, -0.2) is 4.39 Å². The van der Waals surface area contributed by atoms with E-state index in [4.69, 9.17) is 5.11 Å². The number of halogens is 1. The van der Waals surface area contributed by atoms with Gasteiger partial charge in [0.15, 0.2) is 0 Å². The fourth-order valence-electron chi connectivity index (χ4n) is 2.31. The van der Waals surface area contributed by atoms with Gasteiger partial charge in [0, 0.05) is 23.5 Å². The van der Waals surface area contributed by atoms with Crippen molar-refractivity contribution in [3.8, 4) is 0 Å². The molecule has 108 valence electrons. The summed E-state index contributed by atoms with van der Waals surface area (Å²) in [6.45, 7) is 7.03. The maximum Gasteiger partial charge on any atom is 0.123 e. The second-order valence-electron chi connectivity index (χ2n) is 4.91. The highest BCUT2D eigenvalue weighted by Gasteiger charge is 2.11. The number of hydrogen-bond acceptors (Lipinski definition) is 3. The first-order valence-corrected chi connectivity index (χ1v) is 6.66. The highest BCUT2D eigenvalue weighted by Crippen LogP contribution is 2.19. The van der Waals surface area contributed by atoms with Crippen molar-refractivity contribution in [3.05, 3.63) is 46.5 Å². The number of hydrogen-bond donors (Lipinski definition) is 2. The summed E-state index contributed by atoms with van der Waals surface area (Å²) in [5.41, 5.74) is 4.90. The Kier molecular flexibility index (Phi) is 4.39. The van der Waals surface area contributed by atoms with Crippen LogP contribution >= 0.6 is 0 Å². The highest BCUT2D eigenvalue weighted by molar-refractivity contribution is 5.51. The maximum atomic E-state index is 13.1. The molecule has 0 atom stereocenters. The van der Waals surface area contributed by atoms with Gasteiger partial charge in [0.1, 0.15) is 5.82 Å². The second kappa shape index (κ2) is 6.05. The van der Waals surface area contributed by atoms with E-state index in [0.29, 0.717) is 13.1 Å². The molecule has 0 unspecified atom stereocenters. The Hall–Kier alpha value is -1.88. The van der Waals surface area contributed by atoms with Gasteiger partial charge in [-0.3, -0.25) is 4.68 Å². The summed E-state index contributed by atoms with van der Waals surface area (Å²) in [6, 6.07) is 4.70. The van der Waals surface area contributed by atoms with Gasteiger partial charge in [-0.15, -0.1) is 0 Å². The van der Waals surface area contributed by atoms with Crippen molar-refractivity contribution in [2.24, 2.45) is 0 Å². The first-order chi connectivity index (χ1) is 9.52. The molecule has 1 aromatic heterocycles. The van der Waals surface area contributed by atoms with Crippen LogP contribution in [-0.2, 0) is 13.1 Å². The molecule has 0 saturated carbocycles. The largest absolute Gasteiger partial charge is 0.394 e. The van der Waals surface area contributed by atoms with E-state index in [9.17, 15) is 4.39 Å². The minimum Gasteiger partial charge on any atom is -0.394 e. The molecule has 0 aliphatic heterocycles. The Bertz CT molecular complexity index is 607. The molecule has 4 nitrogen and oxygen atoms in total. The molecular weight excluding hydrogens is 257 g/mol. The third-order valence-corrected chi connectivity index (χ3v) is 3.49. The molecule has 0 saturated heterocycles. The second-order valence-corrected chi connectivity index (χ2v) is 4.91. The summed E-state index contributed by atoms with van der Waals surface area (Å²) in [4.78, 5) is 0. The molecule has 5 heteroatoms. The van der Waals surface area contributed by atoms with Gasteiger partial charge in [0.05, 0.1) is 18.8 Å². The van der Waals surface area contributed by atoms with Crippen LogP contribution in [-0.4, -0.2) is 21.5 Å². The van der Waals surface area contributed by atoms with Crippen LogP contribution in [0.2, 0.25) is 0 Å². The average molecular weight is 277 g/mol. The van der Waals surface area contributed by atoms with Crippen molar-refractivity contribution in [3.63, 3.8) is 0 Å². The number of nitrogens with zero attached hydrogens (tertiary/aromatic N) is 2. The fourth-order valence-corrected chi connectivity index (χ4v) is 2.31. The normalized spacial score (nSPS) is 10.8. The Labute approximate surface area is 118 Å². The topological polar surface area (TPSA) is 50.1 Å². The minimum absolute atomic E-state index is 0.0753. The quantitative estimate of drug-likeness (QED) is 0.883. The van der Waals surface area contributed by atoms with Crippen LogP contribution in [0.3, 0.4) is 0 Å². The molecule has 0 bridgehead atoms. The SMILES string of the molecule is Cc1cc(F)ccc1NCc1c(C)nn(CCO)c1C. The van der Waals surface area contributed by atoms with E-state index >= 15 is 0 Å². The average Bonchev–Trinajstić information content (AvgIpc) is 2.65. The van der Waals surface area contributed by atoms with Crippen LogP contribution in [0.4, 0.5) is 10.1 Å². The van der Waals surface area contributed by atoms with Crippen molar-refractivity contribution >= 4 is 5.69 Å². The summed E-state index contributed by atoms with van der Waals surface area (Å²) in [5.74, 6) is -0.226. The van der Waals surface area contributed by atoms with E-state index in [2.05, 4.69) is 10.4 Å². The number of benzene rings is 1. The van der Waals surface area contributed by atoms with E-state index in [0.717, 1.165) is 28.2 Å². The molecule has 0 fully saturated rings. The van der Waals surface area contributed by atoms with E-state index in [-0.39, 0.29) is 12.4 Å². The third-order valence-electron chi connectivity index (χ3n) is 3.49. The van der Waals surface area contributed by atoms with Gasteiger partial charge in [-0.2, -0.15) is 5.10 Å². The fraction of sp³-hybridized carbons (Fsp3) is 0.400. The van der Waals surface area contributed by atoms with E-state index in [1.54, 1.807) is 6.07 Å². The number of aryl methyl sites for hydroxylation is 2. The van der Waals surface area contributed by atoms with E-state index in [1.807, 2.05) is 25.5 Å². The lowest BCUT2D eigenvalue weighted by Crippen LogP contribution is -2.07. The van der Waals surface area contributed by atoms with Crippen molar-refractivity contribution in [1.29, 1.82) is 0 Å². The van der Waals surface area contributed by atoms with E-state index in [1.165, 1.54) is 12.1 Å². The summed E-state index contributed by atoms with van der Waals surface area (Å²) in [5, 5.41) is 16.7. The van der Waals surface area contributed by atoms with Gasteiger partial charge in [0.25, 0.3) is 0 Å². The zero-order valence-corrected chi connectivity index (χ0v) is 12.1. The number of rotatable bonds is 5. The third kappa shape index (κ3) is 2.99. The predicted octanol–water partition coefficient (Wildman–Crippen LogP) is 2.55. The molecule has 0 amide bonds. The molecular formula is C15H20FN3O. The van der Waals surface area contributed by atoms with Crippen LogP contribution in [0.1, 0.15) is 22.5 Å². The van der Waals surface area contributed by atoms with Gasteiger partial charge < -0.3 is 10.4 Å². The van der Waals surface area contributed by atoms with Crippen molar-refractivity contribution in [1.82, 2.24) is 9.78 Å². The van der Waals surface area contributed by atoms with Crippen LogP contribution in [0.15, 0.2) is 18.2 Å². The number of nitrogens with one attached hydrogen (secondary N) is 1. The Morgan fingerprint density at radius 3 is 2.70 bits per heavy atom. The van der Waals surface area contributed by atoms with Crippen molar-refractivity contribution < 1.29 is 9.50 Å². The van der Waals surface area contributed by atoms with Crippen LogP contribution in [0.25, 0.3) is 0 Å². The Morgan fingerprint density at radius 2 is 2.05 bits per heavy atom. The van der Waals surface area contributed by atoms with Crippen molar-refractivity contribution in [2.45, 2.75) is 33.9 Å². The smallest absolute Gasteiger partial charge is 0.123 e. The molecule has 1 heterocycles. The first-order valence-electron chi connectivity index (χ1n) is 6.66. The molecule has 2 rings (SSSR count). The summed E-state index contributed by atoms with van der Waals surface area (Å²) < 4.78 is 14.9. The summed E-state index contributed by atoms with van der Waals surface area (Å²) >= 11 is 0. The van der Waals surface area contributed by atoms with Gasteiger partial charge in [-0.05, 0) is 44.5 Å². The van der Waals surface area contributed by atoms with Gasteiger partial charge in [0.2, 0.25) is 0 Å². The monoisotopic (exact) mass is 277 g/mol. The Balaban J connectivity index is 2.14. The molecule has 2 N–H and O–H groups in total. The molecule has 2 aromatic rings. The Morgan fingerprint density at radius 1 is 1.30 bits per heavy atom. The molecule has 20 heavy (non-hydrogen) atoms. The van der Waals surface area contributed by atoms with Gasteiger partial charge >= 0.3 is 0 Å². The first kappa shape index (κ1) is 14.5. The zero-order chi connectivity index (χ0) is 14.7. The van der Waals surface area contributed by atoms with Crippen LogP contribution < -0.4 is 5.32 Å². The summed E-state index contributed by atoms with van der Waals surface area (Å²) in [6.07, 6.45) is 0. The lowest BCUT2D eigenvalue weighted by molar-refractivity contribution is 0.268. The molecule has 1 aromatic carbocycles. The number of anilines is 1. The van der Waals surface area contributed by atoms with Crippen LogP contribution in [0, 0.1) is 26.6 Å². The molecule has 0 aliphatic carbocycles. The zero-order valence-electron chi connectivity index (χ0n) is 12.1. The predicted molar refractivity (Wildman–Crippen MR) is 77.3 cm³/mol. The molecule has 0 aliphatic rings. The lowest BCUT2D eigenvalue weighted by atomic mass is 10.1. The number of aliphatic hydroxyl groups excluding tert-OH is 1. The van der Waals surface area contributed by atoms with Crippen LogP contribution in [0.5, 0.6) is 0 Å². The summed E-state index contributed by atoms with van der Waals surface area (Å²) in [7, 11) is 0.